The molecule has 12 nitrogen and oxygen atoms in total. The highest BCUT2D eigenvalue weighted by molar-refractivity contribution is 6.74. The lowest BCUT2D eigenvalue weighted by Gasteiger charge is -2.40. The van der Waals surface area contributed by atoms with E-state index >= 15 is 0 Å². The van der Waals surface area contributed by atoms with E-state index in [1.165, 1.54) is 0 Å². The number of hydrogen-bond donors (Lipinski definition) is 2. The summed E-state index contributed by atoms with van der Waals surface area (Å²) >= 11 is 0. The molecule has 0 bridgehead atoms. The Morgan fingerprint density at radius 2 is 1.63 bits per heavy atom. The van der Waals surface area contributed by atoms with Crippen molar-refractivity contribution in [2.45, 2.75) is 84.1 Å². The molecule has 0 saturated carbocycles. The van der Waals surface area contributed by atoms with Crippen LogP contribution in [0.5, 0.6) is 11.5 Å². The zero-order valence-corrected chi connectivity index (χ0v) is 33.3. The largest absolute Gasteiger partial charge is 0.497 e. The summed E-state index contributed by atoms with van der Waals surface area (Å²) in [5.74, 6) is 3.40. The normalized spacial score (nSPS) is 15.5. The van der Waals surface area contributed by atoms with E-state index in [0.717, 1.165) is 90.6 Å². The summed E-state index contributed by atoms with van der Waals surface area (Å²) in [6.45, 7) is 20.7. The third-order valence-corrected chi connectivity index (χ3v) is 14.8. The molecule has 1 aromatic carbocycles. The minimum Gasteiger partial charge on any atom is -0.497 e. The van der Waals surface area contributed by atoms with E-state index in [-0.39, 0.29) is 10.6 Å². The van der Waals surface area contributed by atoms with Crippen LogP contribution in [0.15, 0.2) is 42.9 Å². The van der Waals surface area contributed by atoms with Gasteiger partial charge in [-0.15, -0.1) is 0 Å². The van der Waals surface area contributed by atoms with Gasteiger partial charge >= 0.3 is 0 Å². The van der Waals surface area contributed by atoms with Crippen molar-refractivity contribution in [2.75, 3.05) is 69.6 Å². The number of aromatic nitrogens is 5. The Kier molecular flexibility index (Phi) is 12.0. The average molecular weight is 716 g/mol. The number of ether oxygens (including phenoxy) is 2. The summed E-state index contributed by atoms with van der Waals surface area (Å²) in [5.41, 5.74) is 2.92. The van der Waals surface area contributed by atoms with Crippen molar-refractivity contribution in [2.24, 2.45) is 0 Å². The van der Waals surface area contributed by atoms with Crippen LogP contribution < -0.4 is 25.0 Å². The smallest absolute Gasteiger partial charge is 0.225 e. The van der Waals surface area contributed by atoms with Crippen LogP contribution >= 0.6 is 0 Å². The summed E-state index contributed by atoms with van der Waals surface area (Å²) in [6, 6.07) is 7.77. The van der Waals surface area contributed by atoms with E-state index in [1.54, 1.807) is 14.2 Å². The van der Waals surface area contributed by atoms with Crippen LogP contribution in [0, 0.1) is 0 Å². The Labute approximate surface area is 304 Å². The van der Waals surface area contributed by atoms with Crippen LogP contribution in [0.2, 0.25) is 18.1 Å². The van der Waals surface area contributed by atoms with E-state index < -0.39 is 8.32 Å². The molecule has 1 saturated heterocycles. The molecule has 1 aliphatic heterocycles. The van der Waals surface area contributed by atoms with E-state index in [1.807, 2.05) is 42.9 Å². The standard InChI is InChI=1S/C38H57N9O3Si/c1-11-12-15-38(5,26-50-51(9,10)37(2,3)4)45-34-30-25-39-31(28-23-41-36(42-24-28)47-18-16-46(6)17-19-47)21-32(30)43-35(44-34)40-22-27-13-14-29(48-7)20-33(27)49-8/h13-14,20-21,23-25H,11-12,15-19,22,26H2,1-10H3,(H2,40,43,44,45)/t38-/m1/s1. The first-order valence-electron chi connectivity index (χ1n) is 18.0. The van der Waals surface area contributed by atoms with Gasteiger partial charge in [-0.1, -0.05) is 40.5 Å². The number of nitrogens with one attached hydrogen (secondary N) is 2. The Hall–Kier alpha value is -4.07. The van der Waals surface area contributed by atoms with Gasteiger partial charge in [0.25, 0.3) is 0 Å². The van der Waals surface area contributed by atoms with Gasteiger partial charge in [0, 0.05) is 68.5 Å². The van der Waals surface area contributed by atoms with Gasteiger partial charge in [0.2, 0.25) is 11.9 Å². The molecule has 1 atom stereocenters. The quantitative estimate of drug-likeness (QED) is 0.121. The first-order chi connectivity index (χ1) is 24.2. The highest BCUT2D eigenvalue weighted by atomic mass is 28.4. The number of hydrogen-bond acceptors (Lipinski definition) is 12. The minimum absolute atomic E-state index is 0.104. The van der Waals surface area contributed by atoms with Crippen molar-refractivity contribution >= 4 is 36.9 Å². The molecule has 1 fully saturated rings. The summed E-state index contributed by atoms with van der Waals surface area (Å²) in [4.78, 5) is 28.9. The van der Waals surface area contributed by atoms with Crippen molar-refractivity contribution in [3.05, 3.63) is 48.4 Å². The third-order valence-electron chi connectivity index (χ3n) is 10.3. The van der Waals surface area contributed by atoms with Crippen LogP contribution in [0.25, 0.3) is 22.2 Å². The molecule has 4 heterocycles. The van der Waals surface area contributed by atoms with Gasteiger partial charge in [-0.3, -0.25) is 4.98 Å². The molecule has 5 rings (SSSR count). The number of pyridine rings is 1. The van der Waals surface area contributed by atoms with E-state index in [2.05, 4.69) is 75.2 Å². The molecule has 13 heteroatoms. The number of nitrogens with zero attached hydrogens (tertiary/aromatic N) is 7. The molecule has 0 aliphatic carbocycles. The topological polar surface area (TPSA) is 123 Å². The Balaban J connectivity index is 1.49. The van der Waals surface area contributed by atoms with Gasteiger partial charge in [-0.2, -0.15) is 4.98 Å². The van der Waals surface area contributed by atoms with Crippen molar-refractivity contribution in [3.8, 4) is 22.8 Å². The van der Waals surface area contributed by atoms with Gasteiger partial charge < -0.3 is 34.3 Å². The third kappa shape index (κ3) is 9.43. The molecule has 4 aromatic rings. The number of rotatable bonds is 15. The molecule has 2 N–H and O–H groups in total. The zero-order valence-electron chi connectivity index (χ0n) is 32.3. The monoisotopic (exact) mass is 715 g/mol. The van der Waals surface area contributed by atoms with Gasteiger partial charge in [0.1, 0.15) is 17.3 Å². The molecule has 0 unspecified atom stereocenters. The number of unbranched alkanes of at least 4 members (excludes halogenated alkanes) is 1. The maximum Gasteiger partial charge on any atom is 0.225 e. The number of anilines is 3. The van der Waals surface area contributed by atoms with Crippen LogP contribution in [-0.4, -0.2) is 97.7 Å². The van der Waals surface area contributed by atoms with Crippen LogP contribution in [-0.2, 0) is 11.0 Å². The number of benzene rings is 1. The van der Waals surface area contributed by atoms with Gasteiger partial charge in [0.15, 0.2) is 8.32 Å². The lowest BCUT2D eigenvalue weighted by Crippen LogP contribution is -2.48. The number of methoxy groups -OCH3 is 2. The van der Waals surface area contributed by atoms with Crippen molar-refractivity contribution in [1.82, 2.24) is 29.8 Å². The van der Waals surface area contributed by atoms with Gasteiger partial charge in [-0.05, 0) is 56.7 Å². The second-order valence-corrected chi connectivity index (χ2v) is 20.2. The lowest BCUT2D eigenvalue weighted by atomic mass is 9.95. The lowest BCUT2D eigenvalue weighted by molar-refractivity contribution is 0.214. The van der Waals surface area contributed by atoms with Crippen molar-refractivity contribution < 1.29 is 13.9 Å². The molecule has 1 aliphatic rings. The fraction of sp³-hybridized carbons (Fsp3) is 0.553. The van der Waals surface area contributed by atoms with Crippen molar-refractivity contribution in [1.29, 1.82) is 0 Å². The SMILES string of the molecule is CCCC[C@](C)(CO[Si](C)(C)C(C)(C)C)Nc1nc(NCc2ccc(OC)cc2OC)nc2cc(-c3cnc(N4CCN(C)CC4)nc3)ncc12. The molecule has 3 aromatic heterocycles. The highest BCUT2D eigenvalue weighted by Gasteiger charge is 2.39. The first kappa shape index (κ1) is 38.2. The Morgan fingerprint density at radius 1 is 0.902 bits per heavy atom. The summed E-state index contributed by atoms with van der Waals surface area (Å²) < 4.78 is 17.9. The molecular formula is C38H57N9O3Si. The average Bonchev–Trinajstić information content (AvgIpc) is 3.12. The van der Waals surface area contributed by atoms with E-state index in [0.29, 0.717) is 24.9 Å². The maximum atomic E-state index is 6.81. The van der Waals surface area contributed by atoms with Crippen LogP contribution in [0.1, 0.15) is 59.4 Å². The number of piperazine rings is 1. The van der Waals surface area contributed by atoms with Gasteiger partial charge in [-0.25, -0.2) is 15.0 Å². The molecule has 276 valence electrons. The molecule has 0 amide bonds. The molecule has 0 radical (unpaired) electrons. The first-order valence-corrected chi connectivity index (χ1v) is 21.0. The summed E-state index contributed by atoms with van der Waals surface area (Å²) in [5, 5.41) is 8.22. The van der Waals surface area contributed by atoms with Crippen LogP contribution in [0.4, 0.5) is 17.7 Å². The van der Waals surface area contributed by atoms with E-state index in [9.17, 15) is 0 Å². The second kappa shape index (κ2) is 16.1. The second-order valence-electron chi connectivity index (χ2n) is 15.4. The predicted molar refractivity (Wildman–Crippen MR) is 210 cm³/mol. The highest BCUT2D eigenvalue weighted by Crippen LogP contribution is 2.38. The fourth-order valence-electron chi connectivity index (χ4n) is 5.73. The molecule has 51 heavy (non-hydrogen) atoms. The van der Waals surface area contributed by atoms with Gasteiger partial charge in [0.05, 0.1) is 43.0 Å². The number of likely N-dealkylation sites (N-methyl/N-ethyl adjacent to an activating group) is 1. The Morgan fingerprint density at radius 3 is 2.27 bits per heavy atom. The summed E-state index contributed by atoms with van der Waals surface area (Å²) in [7, 11) is 3.45. The maximum absolute atomic E-state index is 6.81. The van der Waals surface area contributed by atoms with Crippen molar-refractivity contribution in [3.63, 3.8) is 0 Å². The van der Waals surface area contributed by atoms with E-state index in [4.69, 9.17) is 38.8 Å². The predicted octanol–water partition coefficient (Wildman–Crippen LogP) is 7.25. The molecular weight excluding hydrogens is 659 g/mol. The van der Waals surface area contributed by atoms with Crippen LogP contribution in [0.3, 0.4) is 0 Å². The molecule has 0 spiro atoms. The number of fused-ring (bicyclic) bond motifs is 1. The Bertz CT molecular complexity index is 1760. The summed E-state index contributed by atoms with van der Waals surface area (Å²) in [6.07, 6.45) is 8.63. The fourth-order valence-corrected chi connectivity index (χ4v) is 6.84. The zero-order chi connectivity index (χ0) is 36.8. The minimum atomic E-state index is -2.00.